The van der Waals surface area contributed by atoms with Crippen molar-refractivity contribution in [2.45, 2.75) is 213 Å². The number of sulfonamides is 1. The van der Waals surface area contributed by atoms with Gasteiger partial charge in [-0.05, 0) is 190 Å². The van der Waals surface area contributed by atoms with E-state index in [0.717, 1.165) is 43.5 Å². The molecule has 1 aliphatic heterocycles. The fourth-order valence-electron chi connectivity index (χ4n) is 10.8. The van der Waals surface area contributed by atoms with Crippen molar-refractivity contribution >= 4 is 67.5 Å². The average molecular weight is 1390 g/mol. The molecule has 2 heterocycles. The molecular formula is C67H109N9O18S2. The largest absolute Gasteiger partial charge is 0.494 e. The highest BCUT2D eigenvalue weighted by Gasteiger charge is 2.34. The van der Waals surface area contributed by atoms with Crippen LogP contribution in [0.2, 0.25) is 0 Å². The monoisotopic (exact) mass is 1390 g/mol. The van der Waals surface area contributed by atoms with Crippen LogP contribution in [0.3, 0.4) is 0 Å². The average Bonchev–Trinajstić information content (AvgIpc) is 0.794. The number of carbonyl (C=O) groups excluding carboxylic acids is 8. The highest BCUT2D eigenvalue weighted by Crippen LogP contribution is 2.27. The Hall–Kier alpha value is -6.21. The molecule has 1 aromatic heterocycles. The zero-order chi connectivity index (χ0) is 71.8. The van der Waals surface area contributed by atoms with Gasteiger partial charge in [-0.2, -0.15) is 13.1 Å². The molecule has 4 rings (SSSR count). The van der Waals surface area contributed by atoms with E-state index in [1.54, 1.807) is 102 Å². The van der Waals surface area contributed by atoms with Crippen LogP contribution in [-0.2, 0) is 96.7 Å². The normalized spacial score (nSPS) is 16.1. The van der Waals surface area contributed by atoms with Crippen LogP contribution in [0.5, 0.6) is 5.75 Å². The number of benzene rings is 1. The SMILES string of the molecule is Cc1cc(OCCCC(=O)NCCCC(=O)[C@H](CS(=O)(=O)O)NC(=O)CN2CCN(CC(=O)OC(C)(C)C)CCN(CC(=O)OC(C)(C)C)CCN(CC(=O)OC(C)(C)C)CC2)cc(C)c1S(=O)(=O)N[C@@H](CNC(=O)CCCCc1ccc2c(n1)CCCC2)C(=O)OC(C)(C)C. The van der Waals surface area contributed by atoms with Crippen molar-refractivity contribution in [3.63, 3.8) is 0 Å². The Morgan fingerprint density at radius 2 is 1.03 bits per heavy atom. The summed E-state index contributed by atoms with van der Waals surface area (Å²) in [5, 5.41) is 7.89. The number of ketones is 1. The van der Waals surface area contributed by atoms with Crippen molar-refractivity contribution in [1.29, 1.82) is 0 Å². The molecular weight excluding hydrogens is 1280 g/mol. The van der Waals surface area contributed by atoms with Gasteiger partial charge in [-0.25, -0.2) is 8.42 Å². The topological polar surface area (TPSA) is 345 Å². The number of rotatable bonds is 32. The maximum absolute atomic E-state index is 14.0. The van der Waals surface area contributed by atoms with Crippen LogP contribution >= 0.6 is 0 Å². The van der Waals surface area contributed by atoms with Gasteiger partial charge in [-0.15, -0.1) is 0 Å². The summed E-state index contributed by atoms with van der Waals surface area (Å²) < 4.78 is 93.2. The number of unbranched alkanes of at least 4 members (excludes halogenated alkanes) is 1. The number of nitrogens with one attached hydrogen (secondary N) is 4. The second-order valence-corrected chi connectivity index (χ2v) is 32.0. The molecule has 29 heteroatoms. The Bertz CT molecular complexity index is 3120. The van der Waals surface area contributed by atoms with Crippen LogP contribution in [0.1, 0.15) is 169 Å². The van der Waals surface area contributed by atoms with Gasteiger partial charge in [0, 0.05) is 96.1 Å². The van der Waals surface area contributed by atoms with E-state index in [4.69, 9.17) is 28.7 Å². The first-order valence-electron chi connectivity index (χ1n) is 33.3. The molecule has 0 radical (unpaired) electrons. The van der Waals surface area contributed by atoms with Gasteiger partial charge in [0.2, 0.25) is 27.7 Å². The maximum Gasteiger partial charge on any atom is 0.326 e. The Morgan fingerprint density at radius 3 is 1.52 bits per heavy atom. The molecule has 0 spiro atoms. The second kappa shape index (κ2) is 37.7. The summed E-state index contributed by atoms with van der Waals surface area (Å²) in [6.07, 6.45) is 6.50. The Kier molecular flexibility index (Phi) is 32.3. The summed E-state index contributed by atoms with van der Waals surface area (Å²) in [4.78, 5) is 118. The lowest BCUT2D eigenvalue weighted by molar-refractivity contribution is -0.158. The van der Waals surface area contributed by atoms with Crippen molar-refractivity contribution in [3.8, 4) is 5.75 Å². The van der Waals surface area contributed by atoms with Crippen LogP contribution in [0, 0.1) is 13.8 Å². The molecule has 1 saturated heterocycles. The van der Waals surface area contributed by atoms with Crippen LogP contribution < -0.4 is 25.4 Å². The van der Waals surface area contributed by atoms with Crippen molar-refractivity contribution in [1.82, 2.24) is 45.3 Å². The number of ether oxygens (including phenoxy) is 5. The number of aromatic nitrogens is 1. The smallest absolute Gasteiger partial charge is 0.326 e. The number of hydrogen-bond acceptors (Lipinski definition) is 22. The fourth-order valence-corrected chi connectivity index (χ4v) is 13.1. The van der Waals surface area contributed by atoms with Crippen LogP contribution in [0.15, 0.2) is 29.2 Å². The lowest BCUT2D eigenvalue weighted by Crippen LogP contribution is -2.52. The number of amides is 3. The summed E-state index contributed by atoms with van der Waals surface area (Å²) in [6.45, 7) is 24.8. The highest BCUT2D eigenvalue weighted by atomic mass is 32.2. The Labute approximate surface area is 569 Å². The number of hydrogen-bond donors (Lipinski definition) is 5. The van der Waals surface area contributed by atoms with Gasteiger partial charge in [0.1, 0.15) is 46.0 Å². The molecule has 2 atom stereocenters. The van der Waals surface area contributed by atoms with Crippen molar-refractivity contribution < 1.29 is 83.4 Å². The van der Waals surface area contributed by atoms with Gasteiger partial charge in [0.05, 0.1) is 37.7 Å². The lowest BCUT2D eigenvalue weighted by atomic mass is 9.95. The first-order valence-corrected chi connectivity index (χ1v) is 36.4. The van der Waals surface area contributed by atoms with Gasteiger partial charge in [-0.3, -0.25) is 67.5 Å². The van der Waals surface area contributed by atoms with Gasteiger partial charge < -0.3 is 39.6 Å². The molecule has 2 aliphatic rings. The third-order valence-corrected chi connectivity index (χ3v) is 17.5. The van der Waals surface area contributed by atoms with Crippen molar-refractivity contribution in [2.75, 3.05) is 104 Å². The number of fused-ring (bicyclic) bond motifs is 1. The number of nitrogens with zero attached hydrogens (tertiary/aromatic N) is 5. The van der Waals surface area contributed by atoms with E-state index >= 15 is 0 Å². The van der Waals surface area contributed by atoms with Crippen LogP contribution in [-0.4, -0.2) is 232 Å². The third-order valence-electron chi connectivity index (χ3n) is 15.0. The van der Waals surface area contributed by atoms with Crippen molar-refractivity contribution in [3.05, 3.63) is 52.3 Å². The predicted molar refractivity (Wildman–Crippen MR) is 361 cm³/mol. The van der Waals surface area contributed by atoms with E-state index < -0.39 is 95.9 Å². The summed E-state index contributed by atoms with van der Waals surface area (Å²) in [7, 11) is -9.18. The van der Waals surface area contributed by atoms with Crippen LogP contribution in [0.4, 0.5) is 0 Å². The number of Topliss-reactive ketones (excluding diaryl/α,β-unsaturated/α-hetero) is 1. The molecule has 0 bridgehead atoms. The van der Waals surface area contributed by atoms with E-state index in [1.165, 1.54) is 24.1 Å². The summed E-state index contributed by atoms with van der Waals surface area (Å²) >= 11 is 0. The molecule has 0 unspecified atom stereocenters. The molecule has 1 aromatic carbocycles. The molecule has 1 aliphatic carbocycles. The fraction of sp³-hybridized carbons (Fsp3) is 0.716. The molecule has 5 N–H and O–H groups in total. The van der Waals surface area contributed by atoms with E-state index in [1.807, 2.05) is 20.8 Å². The van der Waals surface area contributed by atoms with Gasteiger partial charge in [-0.1, -0.05) is 6.07 Å². The van der Waals surface area contributed by atoms with Crippen LogP contribution in [0.25, 0.3) is 0 Å². The Morgan fingerprint density at radius 1 is 0.562 bits per heavy atom. The molecule has 0 saturated carbocycles. The first kappa shape index (κ1) is 82.2. The van der Waals surface area contributed by atoms with Crippen molar-refractivity contribution in [2.24, 2.45) is 0 Å². The number of aryl methyl sites for hydroxylation is 5. The summed E-state index contributed by atoms with van der Waals surface area (Å²) in [5.41, 5.74) is 0.795. The quantitative estimate of drug-likeness (QED) is 0.0294. The molecule has 96 heavy (non-hydrogen) atoms. The predicted octanol–water partition coefficient (Wildman–Crippen LogP) is 4.34. The number of pyridine rings is 1. The van der Waals surface area contributed by atoms with Gasteiger partial charge >= 0.3 is 23.9 Å². The molecule has 2 aromatic rings. The minimum atomic E-state index is -4.80. The summed E-state index contributed by atoms with van der Waals surface area (Å²) in [6, 6.07) is 4.10. The Balaban J connectivity index is 1.31. The van der Waals surface area contributed by atoms with Gasteiger partial charge in [0.15, 0.2) is 5.78 Å². The summed E-state index contributed by atoms with van der Waals surface area (Å²) in [5.74, 6) is -5.31. The molecule has 3 amide bonds. The molecule has 542 valence electrons. The second-order valence-electron chi connectivity index (χ2n) is 28.8. The zero-order valence-corrected chi connectivity index (χ0v) is 60.8. The maximum atomic E-state index is 14.0. The standard InChI is InChI=1S/C67H109N9O18S2/c1-47-39-51(40-48(2)62(47)96(88,89)72-53(63(84)94-67(12,13)14)41-69-57(79)25-18-16-22-50-28-27-49-21-15-17-23-52(49)70-50)90-38-20-26-56(78)68-29-19-24-55(77)54(46-95(85,86)87)71-58(80)42-73-30-32-74(43-59(81)91-64(3,4)5)34-36-76(45-61(83)93-66(9,10)11)37-35-75(33-31-73)44-60(82)92-65(6,7)8/h27-28,39-40,53-54,72H,15-26,29-38,41-46H2,1-14H3,(H,68,78)(H,69,79)(H,71,80)(H,85,86,87)/t53-,54-/m0/s1. The number of esters is 4. The third kappa shape index (κ3) is 33.8. The zero-order valence-electron chi connectivity index (χ0n) is 59.2. The number of carbonyl (C=O) groups is 8. The van der Waals surface area contributed by atoms with E-state index in [2.05, 4.69) is 26.7 Å². The minimum absolute atomic E-state index is 0.000478. The highest BCUT2D eigenvalue weighted by molar-refractivity contribution is 7.89. The lowest BCUT2D eigenvalue weighted by Gasteiger charge is -2.34. The molecule has 27 nitrogen and oxygen atoms in total. The van der Waals surface area contributed by atoms with E-state index in [-0.39, 0.29) is 134 Å². The van der Waals surface area contributed by atoms with E-state index in [9.17, 15) is 59.7 Å². The minimum Gasteiger partial charge on any atom is -0.494 e. The molecule has 1 fully saturated rings. The first-order chi connectivity index (χ1) is 44.5. The van der Waals surface area contributed by atoms with E-state index in [0.29, 0.717) is 36.4 Å². The van der Waals surface area contributed by atoms with Gasteiger partial charge in [0.25, 0.3) is 10.1 Å².